The van der Waals surface area contributed by atoms with Crippen molar-refractivity contribution in [2.24, 2.45) is 5.92 Å². The molecule has 0 bridgehead atoms. The minimum atomic E-state index is -1.95. The molecule has 0 heterocycles. The van der Waals surface area contributed by atoms with E-state index in [0.29, 0.717) is 0 Å². The number of para-hydroxylation sites is 2. The van der Waals surface area contributed by atoms with Crippen LogP contribution in [0.3, 0.4) is 0 Å². The maximum Gasteiger partial charge on any atom is 0.328 e. The summed E-state index contributed by atoms with van der Waals surface area (Å²) in [7, 11) is -0.533. The molecule has 0 saturated carbocycles. The van der Waals surface area contributed by atoms with Gasteiger partial charge in [-0.1, -0.05) is 46.8 Å². The Morgan fingerprint density at radius 2 is 1.74 bits per heavy atom. The molecule has 1 atom stereocenters. The quantitative estimate of drug-likeness (QED) is 0.605. The molecule has 0 aliphatic rings. The molecule has 4 nitrogen and oxygen atoms in total. The number of nitrogens with one attached hydrogen (secondary N) is 1. The third kappa shape index (κ3) is 4.99. The zero-order valence-corrected chi connectivity index (χ0v) is 16.7. The second-order valence-electron chi connectivity index (χ2n) is 7.75. The molecule has 130 valence electrons. The number of carbonyl (C=O) groups is 1. The summed E-state index contributed by atoms with van der Waals surface area (Å²) in [5.74, 6) is 0.652. The molecule has 1 rings (SSSR count). The first-order valence-corrected chi connectivity index (χ1v) is 11.0. The van der Waals surface area contributed by atoms with Crippen LogP contribution in [-0.4, -0.2) is 27.4 Å². The second-order valence-corrected chi connectivity index (χ2v) is 12.5. The summed E-state index contributed by atoms with van der Waals surface area (Å²) < 4.78 is 11.3. The zero-order valence-electron chi connectivity index (χ0n) is 15.7. The fourth-order valence-corrected chi connectivity index (χ4v) is 2.93. The first-order chi connectivity index (χ1) is 10.5. The third-order valence-electron chi connectivity index (χ3n) is 4.49. The standard InChI is InChI=1S/C18H31NO3Si/c1-13(2)16(17(20)21-6)19-14-11-9-10-12-15(14)22-23(7,8)18(3,4)5/h9-13,16,19H,1-8H3/t16-/m0/s1. The van der Waals surface area contributed by atoms with Gasteiger partial charge in [-0.25, -0.2) is 4.79 Å². The number of ether oxygens (including phenoxy) is 1. The predicted molar refractivity (Wildman–Crippen MR) is 98.5 cm³/mol. The summed E-state index contributed by atoms with van der Waals surface area (Å²) >= 11 is 0. The Hall–Kier alpha value is -1.49. The van der Waals surface area contributed by atoms with Crippen LogP contribution in [0.25, 0.3) is 0 Å². The van der Waals surface area contributed by atoms with Crippen molar-refractivity contribution in [3.63, 3.8) is 0 Å². The van der Waals surface area contributed by atoms with Gasteiger partial charge in [0.1, 0.15) is 11.8 Å². The summed E-state index contributed by atoms with van der Waals surface area (Å²) in [6.45, 7) is 15.0. The number of esters is 1. The van der Waals surface area contributed by atoms with Gasteiger partial charge in [-0.3, -0.25) is 0 Å². The lowest BCUT2D eigenvalue weighted by Gasteiger charge is -2.37. The Labute approximate surface area is 141 Å². The molecule has 0 saturated heterocycles. The van der Waals surface area contributed by atoms with Gasteiger partial charge < -0.3 is 14.5 Å². The van der Waals surface area contributed by atoms with Gasteiger partial charge in [0.2, 0.25) is 0 Å². The molecule has 1 aromatic carbocycles. The molecule has 0 amide bonds. The fourth-order valence-electron chi connectivity index (χ4n) is 1.90. The Balaban J connectivity index is 3.09. The minimum absolute atomic E-state index is 0.111. The van der Waals surface area contributed by atoms with E-state index in [9.17, 15) is 4.79 Å². The number of anilines is 1. The molecule has 0 aliphatic heterocycles. The first kappa shape index (κ1) is 19.6. The van der Waals surface area contributed by atoms with E-state index in [0.717, 1.165) is 11.4 Å². The molecule has 5 heteroatoms. The number of methoxy groups -OCH3 is 1. The van der Waals surface area contributed by atoms with Crippen molar-refractivity contribution < 1.29 is 14.0 Å². The van der Waals surface area contributed by atoms with E-state index in [-0.39, 0.29) is 16.9 Å². The van der Waals surface area contributed by atoms with E-state index >= 15 is 0 Å². The van der Waals surface area contributed by atoms with Crippen LogP contribution in [-0.2, 0) is 9.53 Å². The number of hydrogen-bond donors (Lipinski definition) is 1. The average Bonchev–Trinajstić information content (AvgIpc) is 2.43. The number of carbonyl (C=O) groups excluding carboxylic acids is 1. The maximum atomic E-state index is 12.0. The van der Waals surface area contributed by atoms with Crippen molar-refractivity contribution in [2.75, 3.05) is 12.4 Å². The van der Waals surface area contributed by atoms with E-state index in [4.69, 9.17) is 9.16 Å². The molecule has 0 aliphatic carbocycles. The molecule has 0 unspecified atom stereocenters. The van der Waals surface area contributed by atoms with E-state index in [2.05, 4.69) is 39.2 Å². The first-order valence-electron chi connectivity index (χ1n) is 8.12. The Kier molecular flexibility index (Phi) is 6.28. The smallest absolute Gasteiger partial charge is 0.328 e. The highest BCUT2D eigenvalue weighted by atomic mass is 28.4. The SMILES string of the molecule is COC(=O)[C@@H](Nc1ccccc1O[Si](C)(C)C(C)(C)C)C(C)C. The lowest BCUT2D eigenvalue weighted by atomic mass is 10.0. The second kappa shape index (κ2) is 7.38. The average molecular weight is 338 g/mol. The highest BCUT2D eigenvalue weighted by molar-refractivity contribution is 6.74. The summed E-state index contributed by atoms with van der Waals surface area (Å²) in [5.41, 5.74) is 0.835. The van der Waals surface area contributed by atoms with Gasteiger partial charge >= 0.3 is 5.97 Å². The summed E-state index contributed by atoms with van der Waals surface area (Å²) in [4.78, 5) is 12.0. The fraction of sp³-hybridized carbons (Fsp3) is 0.611. The maximum absolute atomic E-state index is 12.0. The van der Waals surface area contributed by atoms with Crippen molar-refractivity contribution in [3.05, 3.63) is 24.3 Å². The Bertz CT molecular complexity index is 535. The van der Waals surface area contributed by atoms with Gasteiger partial charge in [0.15, 0.2) is 0 Å². The van der Waals surface area contributed by atoms with Gasteiger partial charge in [-0.2, -0.15) is 0 Å². The summed E-state index contributed by atoms with van der Waals surface area (Å²) in [6.07, 6.45) is 0. The van der Waals surface area contributed by atoms with Gasteiger partial charge in [0, 0.05) is 0 Å². The van der Waals surface area contributed by atoms with Crippen molar-refractivity contribution in [1.82, 2.24) is 0 Å². The molecule has 0 aromatic heterocycles. The van der Waals surface area contributed by atoms with Gasteiger partial charge in [0.25, 0.3) is 8.32 Å². The predicted octanol–water partition coefficient (Wildman–Crippen LogP) is 4.68. The van der Waals surface area contributed by atoms with Crippen molar-refractivity contribution >= 4 is 20.0 Å². The van der Waals surface area contributed by atoms with Crippen LogP contribution in [0.2, 0.25) is 18.1 Å². The van der Waals surface area contributed by atoms with E-state index in [1.54, 1.807) is 0 Å². The highest BCUT2D eigenvalue weighted by Gasteiger charge is 2.39. The Morgan fingerprint density at radius 1 is 1.17 bits per heavy atom. The van der Waals surface area contributed by atoms with Crippen molar-refractivity contribution in [2.45, 2.75) is 58.8 Å². The van der Waals surface area contributed by atoms with Crippen LogP contribution < -0.4 is 9.74 Å². The van der Waals surface area contributed by atoms with Crippen molar-refractivity contribution in [1.29, 1.82) is 0 Å². The number of rotatable bonds is 6. The lowest BCUT2D eigenvalue weighted by molar-refractivity contribution is -0.142. The molecule has 23 heavy (non-hydrogen) atoms. The zero-order chi connectivity index (χ0) is 17.8. The molecule has 0 fully saturated rings. The monoisotopic (exact) mass is 337 g/mol. The molecule has 1 aromatic rings. The Morgan fingerprint density at radius 3 is 2.22 bits per heavy atom. The van der Waals surface area contributed by atoms with Crippen LogP contribution in [0.4, 0.5) is 5.69 Å². The van der Waals surface area contributed by atoms with Gasteiger partial charge in [-0.15, -0.1) is 0 Å². The molecule has 0 radical (unpaired) electrons. The number of hydrogen-bond acceptors (Lipinski definition) is 4. The van der Waals surface area contributed by atoms with Crippen LogP contribution in [0.5, 0.6) is 5.75 Å². The summed E-state index contributed by atoms with van der Waals surface area (Å²) in [5, 5.41) is 3.41. The van der Waals surface area contributed by atoms with E-state index < -0.39 is 14.4 Å². The normalized spacial score (nSPS) is 13.6. The number of benzene rings is 1. The molecular weight excluding hydrogens is 306 g/mol. The third-order valence-corrected chi connectivity index (χ3v) is 8.83. The van der Waals surface area contributed by atoms with Crippen LogP contribution in [0.1, 0.15) is 34.6 Å². The van der Waals surface area contributed by atoms with E-state index in [1.807, 2.05) is 38.1 Å². The lowest BCUT2D eigenvalue weighted by Crippen LogP contribution is -2.44. The topological polar surface area (TPSA) is 47.6 Å². The molecular formula is C18H31NO3Si. The minimum Gasteiger partial charge on any atom is -0.542 e. The van der Waals surface area contributed by atoms with Gasteiger partial charge in [0.05, 0.1) is 12.8 Å². The van der Waals surface area contributed by atoms with E-state index in [1.165, 1.54) is 7.11 Å². The van der Waals surface area contributed by atoms with Crippen LogP contribution in [0, 0.1) is 5.92 Å². The van der Waals surface area contributed by atoms with Crippen LogP contribution in [0.15, 0.2) is 24.3 Å². The van der Waals surface area contributed by atoms with Gasteiger partial charge in [-0.05, 0) is 36.2 Å². The molecule has 0 spiro atoms. The molecule has 1 N–H and O–H groups in total. The highest BCUT2D eigenvalue weighted by Crippen LogP contribution is 2.39. The summed E-state index contributed by atoms with van der Waals surface area (Å²) in [6, 6.07) is 7.40. The van der Waals surface area contributed by atoms with Crippen molar-refractivity contribution in [3.8, 4) is 5.75 Å². The largest absolute Gasteiger partial charge is 0.542 e. The van der Waals surface area contributed by atoms with Crippen LogP contribution >= 0.6 is 0 Å².